The Bertz CT molecular complexity index is 594. The molecule has 0 saturated carbocycles. The minimum atomic E-state index is -0.312. The zero-order valence-electron chi connectivity index (χ0n) is 9.43. The van der Waals surface area contributed by atoms with Gasteiger partial charge in [-0.1, -0.05) is 18.2 Å². The molecular formula is C14H11NO2. The van der Waals surface area contributed by atoms with Crippen LogP contribution in [-0.2, 0) is 4.74 Å². The average molecular weight is 225 g/mol. The molecule has 0 bridgehead atoms. The molecule has 0 amide bonds. The summed E-state index contributed by atoms with van der Waals surface area (Å²) in [6.45, 7) is 0. The molecule has 3 heteroatoms. The third-order valence-corrected chi connectivity index (χ3v) is 2.98. The standard InChI is InChI=1S/C14H11NO2/c1-17-14(16)9-6-7-13-11(8-9)10-4-2-3-5-12(10)15-13/h2-4,6-8H,5H2,1H3. The molecule has 1 aliphatic carbocycles. The molecule has 84 valence electrons. The number of aliphatic imine (C=N–C) groups is 1. The van der Waals surface area contributed by atoms with Crippen LogP contribution >= 0.6 is 0 Å². The monoisotopic (exact) mass is 225 g/mol. The van der Waals surface area contributed by atoms with E-state index < -0.39 is 0 Å². The van der Waals surface area contributed by atoms with Crippen molar-refractivity contribution in [3.8, 4) is 0 Å². The second-order valence-electron chi connectivity index (χ2n) is 3.99. The molecule has 0 radical (unpaired) electrons. The highest BCUT2D eigenvalue weighted by molar-refractivity contribution is 6.30. The average Bonchev–Trinajstić information content (AvgIpc) is 2.75. The number of benzene rings is 1. The summed E-state index contributed by atoms with van der Waals surface area (Å²) in [5.41, 5.74) is 4.71. The minimum Gasteiger partial charge on any atom is -0.465 e. The van der Waals surface area contributed by atoms with Crippen molar-refractivity contribution in [3.05, 3.63) is 47.6 Å². The van der Waals surface area contributed by atoms with E-state index in [2.05, 4.69) is 11.1 Å². The quantitative estimate of drug-likeness (QED) is 0.689. The minimum absolute atomic E-state index is 0.312. The predicted octanol–water partition coefficient (Wildman–Crippen LogP) is 2.90. The molecule has 0 atom stereocenters. The van der Waals surface area contributed by atoms with Gasteiger partial charge in [0.1, 0.15) is 0 Å². The molecule has 1 aromatic rings. The van der Waals surface area contributed by atoms with Crippen LogP contribution in [0.15, 0.2) is 41.4 Å². The van der Waals surface area contributed by atoms with Crippen molar-refractivity contribution >= 4 is 22.9 Å². The maximum Gasteiger partial charge on any atom is 0.337 e. The van der Waals surface area contributed by atoms with Crippen LogP contribution in [0.25, 0.3) is 5.57 Å². The molecule has 17 heavy (non-hydrogen) atoms. The third kappa shape index (κ3) is 1.51. The Kier molecular flexibility index (Phi) is 2.18. The van der Waals surface area contributed by atoms with E-state index in [1.165, 1.54) is 7.11 Å². The summed E-state index contributed by atoms with van der Waals surface area (Å²) in [7, 11) is 1.39. The van der Waals surface area contributed by atoms with Crippen molar-refractivity contribution < 1.29 is 9.53 Å². The second-order valence-corrected chi connectivity index (χ2v) is 3.99. The van der Waals surface area contributed by atoms with E-state index in [0.717, 1.165) is 29.0 Å². The van der Waals surface area contributed by atoms with Crippen LogP contribution in [0, 0.1) is 0 Å². The lowest BCUT2D eigenvalue weighted by atomic mass is 9.96. The second kappa shape index (κ2) is 3.70. The smallest absolute Gasteiger partial charge is 0.337 e. The van der Waals surface area contributed by atoms with E-state index in [4.69, 9.17) is 4.74 Å². The van der Waals surface area contributed by atoms with Crippen molar-refractivity contribution in [2.45, 2.75) is 6.42 Å². The van der Waals surface area contributed by atoms with Gasteiger partial charge in [0.25, 0.3) is 0 Å². The topological polar surface area (TPSA) is 38.7 Å². The van der Waals surface area contributed by atoms with Crippen molar-refractivity contribution in [3.63, 3.8) is 0 Å². The molecule has 0 aromatic heterocycles. The van der Waals surface area contributed by atoms with E-state index in [1.54, 1.807) is 6.07 Å². The van der Waals surface area contributed by atoms with Gasteiger partial charge in [-0.15, -0.1) is 0 Å². The van der Waals surface area contributed by atoms with Crippen LogP contribution in [0.5, 0.6) is 0 Å². The zero-order valence-corrected chi connectivity index (χ0v) is 9.43. The van der Waals surface area contributed by atoms with Crippen LogP contribution in [0.2, 0.25) is 0 Å². The summed E-state index contributed by atoms with van der Waals surface area (Å²) < 4.78 is 4.72. The summed E-state index contributed by atoms with van der Waals surface area (Å²) >= 11 is 0. The fraction of sp³-hybridized carbons (Fsp3) is 0.143. The Morgan fingerprint density at radius 1 is 1.41 bits per heavy atom. The number of carbonyl (C=O) groups excluding carboxylic acids is 1. The number of hydrogen-bond donors (Lipinski definition) is 0. The molecule has 0 fully saturated rings. The van der Waals surface area contributed by atoms with Gasteiger partial charge >= 0.3 is 5.97 Å². The number of rotatable bonds is 1. The molecule has 1 aliphatic heterocycles. The molecule has 0 spiro atoms. The van der Waals surface area contributed by atoms with Gasteiger partial charge < -0.3 is 4.74 Å². The van der Waals surface area contributed by atoms with Crippen LogP contribution < -0.4 is 0 Å². The fourth-order valence-electron chi connectivity index (χ4n) is 2.14. The lowest BCUT2D eigenvalue weighted by Gasteiger charge is -2.06. The number of methoxy groups -OCH3 is 1. The van der Waals surface area contributed by atoms with E-state index >= 15 is 0 Å². The Morgan fingerprint density at radius 2 is 2.29 bits per heavy atom. The molecule has 0 unspecified atom stereocenters. The summed E-state index contributed by atoms with van der Waals surface area (Å²) in [5.74, 6) is -0.312. The highest BCUT2D eigenvalue weighted by atomic mass is 16.5. The van der Waals surface area contributed by atoms with E-state index in [9.17, 15) is 4.79 Å². The zero-order chi connectivity index (χ0) is 11.8. The van der Waals surface area contributed by atoms with E-state index in [0.29, 0.717) is 5.56 Å². The van der Waals surface area contributed by atoms with Gasteiger partial charge in [-0.3, -0.25) is 4.99 Å². The molecule has 0 saturated heterocycles. The van der Waals surface area contributed by atoms with Crippen LogP contribution in [0.4, 0.5) is 5.69 Å². The summed E-state index contributed by atoms with van der Waals surface area (Å²) in [6.07, 6.45) is 6.99. The number of ether oxygens (including phenoxy) is 1. The Labute approximate surface area is 99.1 Å². The van der Waals surface area contributed by atoms with Gasteiger partial charge in [0, 0.05) is 17.6 Å². The maximum absolute atomic E-state index is 11.5. The van der Waals surface area contributed by atoms with Gasteiger partial charge in [0.15, 0.2) is 0 Å². The summed E-state index contributed by atoms with van der Waals surface area (Å²) in [6, 6.07) is 5.47. The summed E-state index contributed by atoms with van der Waals surface area (Å²) in [4.78, 5) is 16.0. The number of hydrogen-bond acceptors (Lipinski definition) is 3. The SMILES string of the molecule is COC(=O)c1ccc2c(c1)C1=CC=CCC1=N2. The van der Waals surface area contributed by atoms with Crippen molar-refractivity contribution in [1.29, 1.82) is 0 Å². The normalized spacial score (nSPS) is 15.8. The molecule has 3 nitrogen and oxygen atoms in total. The van der Waals surface area contributed by atoms with Gasteiger partial charge in [-0.2, -0.15) is 0 Å². The molecule has 0 N–H and O–H groups in total. The first-order chi connectivity index (χ1) is 8.29. The van der Waals surface area contributed by atoms with E-state index in [1.807, 2.05) is 24.3 Å². The van der Waals surface area contributed by atoms with Crippen molar-refractivity contribution in [1.82, 2.24) is 0 Å². The largest absolute Gasteiger partial charge is 0.465 e. The first kappa shape index (κ1) is 10.0. The first-order valence-electron chi connectivity index (χ1n) is 5.47. The molecule has 1 aromatic carbocycles. The first-order valence-corrected chi connectivity index (χ1v) is 5.47. The Morgan fingerprint density at radius 3 is 3.12 bits per heavy atom. The van der Waals surface area contributed by atoms with E-state index in [-0.39, 0.29) is 5.97 Å². The van der Waals surface area contributed by atoms with Gasteiger partial charge in [-0.25, -0.2) is 4.79 Å². The van der Waals surface area contributed by atoms with Crippen molar-refractivity contribution in [2.75, 3.05) is 7.11 Å². The number of esters is 1. The highest BCUT2D eigenvalue weighted by Gasteiger charge is 2.22. The van der Waals surface area contributed by atoms with Gasteiger partial charge in [-0.05, 0) is 18.2 Å². The van der Waals surface area contributed by atoms with Crippen LogP contribution in [0.1, 0.15) is 22.3 Å². The number of allylic oxidation sites excluding steroid dienone is 4. The van der Waals surface area contributed by atoms with Gasteiger partial charge in [0.2, 0.25) is 0 Å². The fourth-order valence-corrected chi connectivity index (χ4v) is 2.14. The lowest BCUT2D eigenvalue weighted by Crippen LogP contribution is -2.02. The number of carbonyl (C=O) groups is 1. The molecule has 3 rings (SSSR count). The van der Waals surface area contributed by atoms with Crippen LogP contribution in [0.3, 0.4) is 0 Å². The molecule has 1 heterocycles. The van der Waals surface area contributed by atoms with Gasteiger partial charge in [0.05, 0.1) is 24.1 Å². The predicted molar refractivity (Wildman–Crippen MR) is 66.6 cm³/mol. The number of fused-ring (bicyclic) bond motifs is 3. The Hall–Kier alpha value is -2.16. The Balaban J connectivity index is 2.10. The molecule has 2 aliphatic rings. The highest BCUT2D eigenvalue weighted by Crippen LogP contribution is 2.37. The third-order valence-electron chi connectivity index (χ3n) is 2.98. The maximum atomic E-state index is 11.5. The summed E-state index contributed by atoms with van der Waals surface area (Å²) in [5, 5.41) is 0. The number of nitrogens with zero attached hydrogens (tertiary/aromatic N) is 1. The van der Waals surface area contributed by atoms with Crippen LogP contribution in [-0.4, -0.2) is 18.8 Å². The lowest BCUT2D eigenvalue weighted by molar-refractivity contribution is 0.0601. The molecular weight excluding hydrogens is 214 g/mol. The van der Waals surface area contributed by atoms with Crippen molar-refractivity contribution in [2.24, 2.45) is 4.99 Å².